The Morgan fingerprint density at radius 2 is 2.00 bits per heavy atom. The van der Waals surface area contributed by atoms with E-state index in [1.54, 1.807) is 0 Å². The van der Waals surface area contributed by atoms with Crippen molar-refractivity contribution in [3.05, 3.63) is 34.8 Å². The van der Waals surface area contributed by atoms with Crippen LogP contribution in [0.4, 0.5) is 19.6 Å². The van der Waals surface area contributed by atoms with Crippen LogP contribution in [0.1, 0.15) is 32.8 Å². The Morgan fingerprint density at radius 3 is 2.52 bits per heavy atom. The highest BCUT2D eigenvalue weighted by Gasteiger charge is 2.24. The van der Waals surface area contributed by atoms with Crippen molar-refractivity contribution >= 4 is 32.2 Å². The highest BCUT2D eigenvalue weighted by atomic mass is 32.2. The predicted molar refractivity (Wildman–Crippen MR) is 109 cm³/mol. The molecular weight excluding hydrogens is 420 g/mol. The van der Waals surface area contributed by atoms with Crippen LogP contribution in [0.25, 0.3) is 0 Å². The van der Waals surface area contributed by atoms with Gasteiger partial charge in [-0.2, -0.15) is 9.65 Å². The number of rotatable bonds is 8. The molecule has 0 aliphatic carbocycles. The highest BCUT2D eigenvalue weighted by Crippen LogP contribution is 2.27. The minimum absolute atomic E-state index is 0.0253. The summed E-state index contributed by atoms with van der Waals surface area (Å²) in [5.74, 6) is -1.03. The molecule has 7 nitrogen and oxygen atoms in total. The number of halogens is 2. The van der Waals surface area contributed by atoms with E-state index in [4.69, 9.17) is 0 Å². The molecule has 2 aromatic rings. The fourth-order valence-electron chi connectivity index (χ4n) is 2.72. The first kappa shape index (κ1) is 23.0. The second-order valence-electron chi connectivity index (χ2n) is 7.65. The molecule has 3 N–H and O–H groups in total. The van der Waals surface area contributed by atoms with Crippen LogP contribution in [-0.2, 0) is 10.0 Å². The summed E-state index contributed by atoms with van der Waals surface area (Å²) in [6.45, 7) is 6.71. The number of hydrogen-bond acceptors (Lipinski definition) is 7. The molecule has 158 valence electrons. The standard InChI is InChI=1S/C18H23F2N5O2S2/c1-18(2,3)7-12(22-4)9-23-14-6-13(19)15(5-11(14)8-21)29(26,27)25-17-24-10-16(20)28-17/h5-6,10,12,22-23H,7,9H2,1-4H3,(H,24,25). The van der Waals surface area contributed by atoms with Crippen molar-refractivity contribution in [1.82, 2.24) is 10.3 Å². The van der Waals surface area contributed by atoms with E-state index in [0.29, 0.717) is 17.9 Å². The molecule has 1 unspecified atom stereocenters. The zero-order valence-corrected chi connectivity index (χ0v) is 18.1. The normalized spacial score (nSPS) is 13.0. The van der Waals surface area contributed by atoms with E-state index in [-0.39, 0.29) is 27.8 Å². The number of nitrogens with zero attached hydrogens (tertiary/aromatic N) is 2. The molecule has 29 heavy (non-hydrogen) atoms. The average molecular weight is 444 g/mol. The number of benzene rings is 1. The molecule has 0 fully saturated rings. The Bertz CT molecular complexity index is 1010. The second kappa shape index (κ2) is 9.02. The number of sulfonamides is 1. The number of aromatic nitrogens is 1. The van der Waals surface area contributed by atoms with Crippen molar-refractivity contribution in [2.45, 2.75) is 38.1 Å². The first-order valence-electron chi connectivity index (χ1n) is 8.74. The molecule has 1 aromatic heterocycles. The molecule has 0 aliphatic heterocycles. The minimum Gasteiger partial charge on any atom is -0.382 e. The van der Waals surface area contributed by atoms with Gasteiger partial charge in [0, 0.05) is 12.6 Å². The molecule has 0 saturated carbocycles. The number of anilines is 2. The van der Waals surface area contributed by atoms with Crippen LogP contribution in [0.2, 0.25) is 0 Å². The SMILES string of the molecule is CNC(CNc1cc(F)c(S(=O)(=O)Nc2ncc(F)s2)cc1C#N)CC(C)(C)C. The Balaban J connectivity index is 2.25. The van der Waals surface area contributed by atoms with E-state index in [0.717, 1.165) is 24.8 Å². The lowest BCUT2D eigenvalue weighted by atomic mass is 9.88. The van der Waals surface area contributed by atoms with E-state index >= 15 is 0 Å². The fourth-order valence-corrected chi connectivity index (χ4v) is 4.59. The summed E-state index contributed by atoms with van der Waals surface area (Å²) in [5, 5.41) is 14.7. The maximum Gasteiger partial charge on any atom is 0.266 e. The monoisotopic (exact) mass is 443 g/mol. The van der Waals surface area contributed by atoms with E-state index in [2.05, 4.69) is 36.4 Å². The lowest BCUT2D eigenvalue weighted by molar-refractivity contribution is 0.323. The lowest BCUT2D eigenvalue weighted by Gasteiger charge is -2.26. The number of likely N-dealkylation sites (N-methyl/N-ethyl adjacent to an activating group) is 1. The number of nitrogens with one attached hydrogen (secondary N) is 3. The van der Waals surface area contributed by atoms with Crippen molar-refractivity contribution in [2.75, 3.05) is 23.6 Å². The lowest BCUT2D eigenvalue weighted by Crippen LogP contribution is -2.36. The van der Waals surface area contributed by atoms with Gasteiger partial charge in [0.1, 0.15) is 16.8 Å². The van der Waals surface area contributed by atoms with E-state index in [1.165, 1.54) is 0 Å². The van der Waals surface area contributed by atoms with Crippen molar-refractivity contribution in [2.24, 2.45) is 5.41 Å². The van der Waals surface area contributed by atoms with Crippen LogP contribution in [0, 0.1) is 27.7 Å². The summed E-state index contributed by atoms with van der Waals surface area (Å²) >= 11 is 0.472. The molecule has 1 atom stereocenters. The van der Waals surface area contributed by atoms with Gasteiger partial charge in [-0.1, -0.05) is 32.1 Å². The molecule has 0 bridgehead atoms. The maximum absolute atomic E-state index is 14.6. The largest absolute Gasteiger partial charge is 0.382 e. The van der Waals surface area contributed by atoms with Crippen LogP contribution in [-0.4, -0.2) is 33.0 Å². The minimum atomic E-state index is -4.37. The molecule has 2 rings (SSSR count). The Labute approximate surface area is 173 Å². The first-order valence-corrected chi connectivity index (χ1v) is 11.0. The van der Waals surface area contributed by atoms with Crippen molar-refractivity contribution in [3.63, 3.8) is 0 Å². The molecule has 1 heterocycles. The smallest absolute Gasteiger partial charge is 0.266 e. The van der Waals surface area contributed by atoms with Gasteiger partial charge in [-0.15, -0.1) is 0 Å². The second-order valence-corrected chi connectivity index (χ2v) is 10.3. The summed E-state index contributed by atoms with van der Waals surface area (Å²) in [6, 6.07) is 3.86. The Kier molecular flexibility index (Phi) is 7.15. The van der Waals surface area contributed by atoms with Crippen LogP contribution >= 0.6 is 11.3 Å². The summed E-state index contributed by atoms with van der Waals surface area (Å²) in [6.07, 6.45) is 1.68. The third-order valence-corrected chi connectivity index (χ3v) is 6.17. The van der Waals surface area contributed by atoms with Crippen molar-refractivity contribution in [1.29, 1.82) is 5.26 Å². The fraction of sp³-hybridized carbons (Fsp3) is 0.444. The summed E-state index contributed by atoms with van der Waals surface area (Å²) < 4.78 is 54.5. The van der Waals surface area contributed by atoms with Crippen LogP contribution in [0.3, 0.4) is 0 Å². The topological polar surface area (TPSA) is 107 Å². The van der Waals surface area contributed by atoms with Crippen molar-refractivity contribution in [3.8, 4) is 6.07 Å². The van der Waals surface area contributed by atoms with Crippen molar-refractivity contribution < 1.29 is 17.2 Å². The number of thiazole rings is 1. The van der Waals surface area contributed by atoms with Gasteiger partial charge >= 0.3 is 0 Å². The first-order chi connectivity index (χ1) is 13.4. The van der Waals surface area contributed by atoms with Gasteiger partial charge < -0.3 is 10.6 Å². The molecule has 0 radical (unpaired) electrons. The van der Waals surface area contributed by atoms with Crippen LogP contribution < -0.4 is 15.4 Å². The molecule has 1 aromatic carbocycles. The maximum atomic E-state index is 14.6. The quantitative estimate of drug-likeness (QED) is 0.576. The van der Waals surface area contributed by atoms with Gasteiger partial charge in [-0.3, -0.25) is 4.72 Å². The highest BCUT2D eigenvalue weighted by molar-refractivity contribution is 7.93. The van der Waals surface area contributed by atoms with Gasteiger partial charge in [-0.05, 0) is 31.0 Å². The van der Waals surface area contributed by atoms with E-state index in [9.17, 15) is 22.5 Å². The summed E-state index contributed by atoms with van der Waals surface area (Å²) in [4.78, 5) is 2.84. The molecule has 0 spiro atoms. The molecule has 0 saturated heterocycles. The number of nitriles is 1. The Morgan fingerprint density at radius 1 is 1.31 bits per heavy atom. The molecule has 0 aliphatic rings. The Hall–Kier alpha value is -2.29. The van der Waals surface area contributed by atoms with Gasteiger partial charge in [0.25, 0.3) is 10.0 Å². The van der Waals surface area contributed by atoms with E-state index in [1.807, 2.05) is 17.8 Å². The third-order valence-electron chi connectivity index (χ3n) is 3.99. The van der Waals surface area contributed by atoms with Crippen LogP contribution in [0.5, 0.6) is 0 Å². The van der Waals surface area contributed by atoms with Gasteiger partial charge in [0.2, 0.25) is 0 Å². The summed E-state index contributed by atoms with van der Waals surface area (Å²) in [5.41, 5.74) is 0.235. The molecule has 0 amide bonds. The van der Waals surface area contributed by atoms with Gasteiger partial charge in [0.05, 0.1) is 17.4 Å². The average Bonchev–Trinajstić information content (AvgIpc) is 3.01. The number of hydrogen-bond donors (Lipinski definition) is 3. The van der Waals surface area contributed by atoms with Gasteiger partial charge in [0.15, 0.2) is 10.3 Å². The van der Waals surface area contributed by atoms with Crippen LogP contribution in [0.15, 0.2) is 23.2 Å². The predicted octanol–water partition coefficient (Wildman–Crippen LogP) is 3.53. The zero-order chi connectivity index (χ0) is 21.8. The molecular formula is C18H23F2N5O2S2. The zero-order valence-electron chi connectivity index (χ0n) is 16.5. The summed E-state index contributed by atoms with van der Waals surface area (Å²) in [7, 11) is -2.56. The molecule has 11 heteroatoms. The third kappa shape index (κ3) is 6.35. The van der Waals surface area contributed by atoms with Gasteiger partial charge in [-0.25, -0.2) is 17.8 Å². The van der Waals surface area contributed by atoms with E-state index < -0.39 is 25.9 Å².